The van der Waals surface area contributed by atoms with Gasteiger partial charge in [-0.05, 0) is 41.9 Å². The van der Waals surface area contributed by atoms with Gasteiger partial charge in [0.1, 0.15) is 5.82 Å². The molecule has 1 aromatic rings. The second kappa shape index (κ2) is 9.10. The molecule has 1 saturated heterocycles. The van der Waals surface area contributed by atoms with Crippen molar-refractivity contribution in [2.24, 2.45) is 0 Å². The molecule has 1 aliphatic rings. The highest BCUT2D eigenvalue weighted by Gasteiger charge is 2.20. The first-order valence-corrected chi connectivity index (χ1v) is 8.87. The number of hydrogen-bond donors (Lipinski definition) is 2. The number of piperazine rings is 1. The van der Waals surface area contributed by atoms with E-state index in [1.807, 2.05) is 19.9 Å². The van der Waals surface area contributed by atoms with Crippen LogP contribution in [0.25, 0.3) is 0 Å². The molecule has 132 valence electrons. The fourth-order valence-electron chi connectivity index (χ4n) is 2.51. The average molecular weight is 398 g/mol. The summed E-state index contributed by atoms with van der Waals surface area (Å²) in [4.78, 5) is 32.2. The molecule has 24 heavy (non-hydrogen) atoms. The molecule has 0 saturated carbocycles. The number of nitrogens with zero attached hydrogens (tertiary/aromatic N) is 3. The monoisotopic (exact) mass is 397 g/mol. The van der Waals surface area contributed by atoms with Crippen molar-refractivity contribution in [2.45, 2.75) is 19.9 Å². The molecule has 8 heteroatoms. The van der Waals surface area contributed by atoms with E-state index >= 15 is 0 Å². The van der Waals surface area contributed by atoms with Crippen LogP contribution in [0.4, 0.5) is 5.82 Å². The Morgan fingerprint density at radius 3 is 2.21 bits per heavy atom. The predicted molar refractivity (Wildman–Crippen MR) is 96.7 cm³/mol. The number of anilines is 1. The summed E-state index contributed by atoms with van der Waals surface area (Å²) < 4.78 is 0.873. The van der Waals surface area contributed by atoms with E-state index in [-0.39, 0.29) is 17.9 Å². The van der Waals surface area contributed by atoms with E-state index in [9.17, 15) is 9.59 Å². The van der Waals surface area contributed by atoms with Crippen LogP contribution in [0, 0.1) is 0 Å². The number of carbonyl (C=O) groups is 2. The quantitative estimate of drug-likeness (QED) is 0.746. The third kappa shape index (κ3) is 6.54. The Morgan fingerprint density at radius 1 is 1.12 bits per heavy atom. The zero-order valence-corrected chi connectivity index (χ0v) is 15.7. The Labute approximate surface area is 150 Å². The van der Waals surface area contributed by atoms with Crippen LogP contribution in [-0.4, -0.2) is 71.9 Å². The van der Waals surface area contributed by atoms with Crippen molar-refractivity contribution in [3.8, 4) is 0 Å². The number of aromatic nitrogens is 1. The van der Waals surface area contributed by atoms with Crippen LogP contribution in [0.2, 0.25) is 0 Å². The van der Waals surface area contributed by atoms with Crippen LogP contribution in [0.1, 0.15) is 13.8 Å². The normalized spacial score (nSPS) is 16.2. The molecule has 2 amide bonds. The molecule has 7 nitrogen and oxygen atoms in total. The third-order valence-electron chi connectivity index (χ3n) is 3.64. The number of halogens is 1. The first-order valence-electron chi connectivity index (χ1n) is 8.08. The van der Waals surface area contributed by atoms with E-state index in [0.29, 0.717) is 18.9 Å². The van der Waals surface area contributed by atoms with Crippen LogP contribution in [-0.2, 0) is 9.59 Å². The molecule has 1 aromatic heterocycles. The van der Waals surface area contributed by atoms with Gasteiger partial charge in [0.15, 0.2) is 0 Å². The van der Waals surface area contributed by atoms with Crippen molar-refractivity contribution in [2.75, 3.05) is 44.6 Å². The molecule has 1 aliphatic heterocycles. The van der Waals surface area contributed by atoms with E-state index in [0.717, 1.165) is 30.7 Å². The number of rotatable bonds is 6. The molecule has 2 N–H and O–H groups in total. The van der Waals surface area contributed by atoms with Crippen molar-refractivity contribution in [3.05, 3.63) is 22.8 Å². The predicted octanol–water partition coefficient (Wildman–Crippen LogP) is 0.925. The lowest BCUT2D eigenvalue weighted by Crippen LogP contribution is -2.51. The maximum Gasteiger partial charge on any atom is 0.239 e. The maximum absolute atomic E-state index is 12.1. The number of carbonyl (C=O) groups excluding carboxylic acids is 2. The van der Waals surface area contributed by atoms with Gasteiger partial charge in [0.25, 0.3) is 0 Å². The molecular formula is C16H24BrN5O2. The van der Waals surface area contributed by atoms with Crippen molar-refractivity contribution < 1.29 is 9.59 Å². The highest BCUT2D eigenvalue weighted by Crippen LogP contribution is 2.10. The molecule has 2 heterocycles. The maximum atomic E-state index is 12.1. The van der Waals surface area contributed by atoms with E-state index in [4.69, 9.17) is 0 Å². The molecule has 2 rings (SSSR count). The fourth-order valence-corrected chi connectivity index (χ4v) is 2.75. The standard InChI is InChI=1S/C16H24BrN5O2/c1-12(2)19-15(23)10-21-5-7-22(8-6-21)11-16(24)20-14-4-3-13(17)9-18-14/h3-4,9,12H,5-8,10-11H2,1-2H3,(H,19,23)(H,18,20,24). The minimum atomic E-state index is -0.0733. The molecule has 0 bridgehead atoms. The van der Waals surface area contributed by atoms with E-state index in [2.05, 4.69) is 41.3 Å². The Hall–Kier alpha value is -1.51. The largest absolute Gasteiger partial charge is 0.353 e. The molecular weight excluding hydrogens is 374 g/mol. The second-order valence-corrected chi connectivity index (χ2v) is 7.10. The summed E-state index contributed by atoms with van der Waals surface area (Å²) in [5.74, 6) is 0.528. The molecule has 0 aliphatic carbocycles. The van der Waals surface area contributed by atoms with Crippen molar-refractivity contribution in [1.82, 2.24) is 20.1 Å². The van der Waals surface area contributed by atoms with Crippen LogP contribution in [0.15, 0.2) is 22.8 Å². The summed E-state index contributed by atoms with van der Waals surface area (Å²) in [5.41, 5.74) is 0. The highest BCUT2D eigenvalue weighted by atomic mass is 79.9. The van der Waals surface area contributed by atoms with E-state index in [1.54, 1.807) is 12.3 Å². The lowest BCUT2D eigenvalue weighted by atomic mass is 10.3. The molecule has 0 aromatic carbocycles. The molecule has 1 fully saturated rings. The van der Waals surface area contributed by atoms with Crippen LogP contribution in [0.5, 0.6) is 0 Å². The van der Waals surface area contributed by atoms with Crippen LogP contribution in [0.3, 0.4) is 0 Å². The number of amides is 2. The van der Waals surface area contributed by atoms with Gasteiger partial charge < -0.3 is 10.6 Å². The summed E-state index contributed by atoms with van der Waals surface area (Å²) in [5, 5.41) is 5.69. The summed E-state index contributed by atoms with van der Waals surface area (Å²) in [6.45, 7) is 7.78. The van der Waals surface area contributed by atoms with Crippen LogP contribution < -0.4 is 10.6 Å². The Kier molecular flexibility index (Phi) is 7.14. The SMILES string of the molecule is CC(C)NC(=O)CN1CCN(CC(=O)Nc2ccc(Br)cn2)CC1. The highest BCUT2D eigenvalue weighted by molar-refractivity contribution is 9.10. The number of nitrogens with one attached hydrogen (secondary N) is 2. The van der Waals surface area contributed by atoms with Gasteiger partial charge in [-0.1, -0.05) is 0 Å². The summed E-state index contributed by atoms with van der Waals surface area (Å²) in [6.07, 6.45) is 1.65. The zero-order chi connectivity index (χ0) is 17.5. The summed E-state index contributed by atoms with van der Waals surface area (Å²) in [7, 11) is 0. The Bertz CT molecular complexity index is 556. The molecule has 0 atom stereocenters. The lowest BCUT2D eigenvalue weighted by molar-refractivity contribution is -0.124. The minimum Gasteiger partial charge on any atom is -0.353 e. The lowest BCUT2D eigenvalue weighted by Gasteiger charge is -2.33. The van der Waals surface area contributed by atoms with Gasteiger partial charge >= 0.3 is 0 Å². The van der Waals surface area contributed by atoms with Gasteiger partial charge in [-0.15, -0.1) is 0 Å². The summed E-state index contributed by atoms with van der Waals surface area (Å²) in [6, 6.07) is 3.76. The van der Waals surface area contributed by atoms with Gasteiger partial charge in [-0.25, -0.2) is 4.98 Å². The van der Waals surface area contributed by atoms with Gasteiger partial charge in [0, 0.05) is 42.9 Å². The van der Waals surface area contributed by atoms with Crippen LogP contribution >= 0.6 is 15.9 Å². The average Bonchev–Trinajstić information content (AvgIpc) is 2.51. The topological polar surface area (TPSA) is 77.6 Å². The van der Waals surface area contributed by atoms with Gasteiger partial charge in [0.05, 0.1) is 13.1 Å². The van der Waals surface area contributed by atoms with Crippen molar-refractivity contribution in [3.63, 3.8) is 0 Å². The number of pyridine rings is 1. The zero-order valence-electron chi connectivity index (χ0n) is 14.1. The van der Waals surface area contributed by atoms with E-state index < -0.39 is 0 Å². The van der Waals surface area contributed by atoms with Crippen molar-refractivity contribution >= 4 is 33.6 Å². The number of hydrogen-bond acceptors (Lipinski definition) is 5. The van der Waals surface area contributed by atoms with Crippen molar-refractivity contribution in [1.29, 1.82) is 0 Å². The molecule has 0 unspecified atom stereocenters. The van der Waals surface area contributed by atoms with Gasteiger partial charge in [-0.2, -0.15) is 0 Å². The van der Waals surface area contributed by atoms with Gasteiger partial charge in [0.2, 0.25) is 11.8 Å². The second-order valence-electron chi connectivity index (χ2n) is 6.18. The Morgan fingerprint density at radius 2 is 1.71 bits per heavy atom. The first kappa shape index (κ1) is 18.8. The smallest absolute Gasteiger partial charge is 0.239 e. The fraction of sp³-hybridized carbons (Fsp3) is 0.562. The first-order chi connectivity index (χ1) is 11.4. The van der Waals surface area contributed by atoms with Gasteiger partial charge in [-0.3, -0.25) is 19.4 Å². The Balaban J connectivity index is 1.69. The molecule has 0 spiro atoms. The minimum absolute atomic E-state index is 0.0532. The summed E-state index contributed by atoms with van der Waals surface area (Å²) >= 11 is 3.31. The third-order valence-corrected chi connectivity index (χ3v) is 4.11. The molecule has 0 radical (unpaired) electrons. The van der Waals surface area contributed by atoms with E-state index in [1.165, 1.54) is 0 Å².